The molecule has 8 nitrogen and oxygen atoms in total. The summed E-state index contributed by atoms with van der Waals surface area (Å²) in [6.07, 6.45) is 7.90. The summed E-state index contributed by atoms with van der Waals surface area (Å²) in [5.41, 5.74) is 9.50. The van der Waals surface area contributed by atoms with Crippen molar-refractivity contribution in [3.63, 3.8) is 0 Å². The lowest BCUT2D eigenvalue weighted by Crippen LogP contribution is -2.55. The highest BCUT2D eigenvalue weighted by molar-refractivity contribution is 5.89. The number of nitrogens with one attached hydrogen (secondary N) is 3. The Balaban J connectivity index is 1.45. The molecule has 0 bridgehead atoms. The zero-order valence-electron chi connectivity index (χ0n) is 23.1. The molecule has 0 unspecified atom stereocenters. The Morgan fingerprint density at radius 3 is 2.54 bits per heavy atom. The third-order valence-electron chi connectivity index (χ3n) is 8.18. The molecule has 37 heavy (non-hydrogen) atoms. The van der Waals surface area contributed by atoms with Crippen LogP contribution in [0.1, 0.15) is 87.6 Å². The second-order valence-electron chi connectivity index (χ2n) is 11.4. The molecular weight excluding hydrogens is 462 g/mol. The number of aromatic nitrogens is 5. The van der Waals surface area contributed by atoms with Gasteiger partial charge < -0.3 is 15.6 Å². The zero-order chi connectivity index (χ0) is 26.5. The molecule has 0 radical (unpaired) electrons. The van der Waals surface area contributed by atoms with Crippen LogP contribution in [0.3, 0.4) is 0 Å². The minimum Gasteiger partial charge on any atom is -0.358 e. The van der Waals surface area contributed by atoms with Crippen LogP contribution in [-0.2, 0) is 4.79 Å². The summed E-state index contributed by atoms with van der Waals surface area (Å²) in [5.74, 6) is 0.767. The number of likely N-dealkylation sites (N-methyl/N-ethyl adjacent to an activating group) is 1. The Morgan fingerprint density at radius 2 is 1.86 bits per heavy atom. The molecule has 5 rings (SSSR count). The maximum absolute atomic E-state index is 12.2. The largest absolute Gasteiger partial charge is 0.358 e. The number of rotatable bonds is 6. The Kier molecular flexibility index (Phi) is 6.56. The molecule has 4 aromatic rings. The fourth-order valence-electron chi connectivity index (χ4n) is 5.98. The molecule has 0 aliphatic heterocycles. The highest BCUT2D eigenvalue weighted by Gasteiger charge is 2.32. The van der Waals surface area contributed by atoms with E-state index in [-0.39, 0.29) is 5.91 Å². The standard InChI is InChI=1S/C29H39N7O/c1-16(2)24-25(21-14-36-27(31-15-32-36)18(4)17(21)3)34-23-13-12-22(33-26(23)24)19-8-10-20(11-9-19)35-29(5,6)28(37)30-7/h12-16,19-20,34-35H,8-11H2,1-7H3,(H,30,37). The van der Waals surface area contributed by atoms with Gasteiger partial charge in [-0.2, -0.15) is 5.10 Å². The average molecular weight is 502 g/mol. The van der Waals surface area contributed by atoms with Gasteiger partial charge in [-0.3, -0.25) is 9.78 Å². The molecule has 4 aromatic heterocycles. The molecule has 0 aromatic carbocycles. The number of H-pyrrole nitrogens is 1. The van der Waals surface area contributed by atoms with Crippen LogP contribution in [-0.4, -0.2) is 49.1 Å². The van der Waals surface area contributed by atoms with Gasteiger partial charge in [-0.05, 0) is 82.6 Å². The van der Waals surface area contributed by atoms with Crippen molar-refractivity contribution in [1.29, 1.82) is 0 Å². The number of amides is 1. The summed E-state index contributed by atoms with van der Waals surface area (Å²) in [6, 6.07) is 4.73. The van der Waals surface area contributed by atoms with Crippen LogP contribution in [0.25, 0.3) is 27.9 Å². The number of carbonyl (C=O) groups excluding carboxylic acids is 1. The molecular formula is C29H39N7O. The van der Waals surface area contributed by atoms with Gasteiger partial charge in [0.2, 0.25) is 5.91 Å². The van der Waals surface area contributed by atoms with E-state index in [0.29, 0.717) is 17.9 Å². The summed E-state index contributed by atoms with van der Waals surface area (Å²) in [4.78, 5) is 25.6. The van der Waals surface area contributed by atoms with Gasteiger partial charge in [0.1, 0.15) is 6.33 Å². The van der Waals surface area contributed by atoms with Crippen molar-refractivity contribution in [3.8, 4) is 11.3 Å². The smallest absolute Gasteiger partial charge is 0.239 e. The number of hydrogen-bond acceptors (Lipinski definition) is 5. The van der Waals surface area contributed by atoms with Gasteiger partial charge in [0.05, 0.1) is 22.3 Å². The highest BCUT2D eigenvalue weighted by atomic mass is 16.2. The van der Waals surface area contributed by atoms with Crippen LogP contribution >= 0.6 is 0 Å². The minimum absolute atomic E-state index is 0.0274. The van der Waals surface area contributed by atoms with Crippen LogP contribution in [0.5, 0.6) is 0 Å². The first kappa shape index (κ1) is 25.4. The van der Waals surface area contributed by atoms with Crippen LogP contribution in [0.4, 0.5) is 0 Å². The van der Waals surface area contributed by atoms with E-state index in [2.05, 4.69) is 71.7 Å². The molecule has 1 saturated carbocycles. The van der Waals surface area contributed by atoms with E-state index in [1.165, 1.54) is 16.8 Å². The Hall–Kier alpha value is -3.26. The Morgan fingerprint density at radius 1 is 1.14 bits per heavy atom. The van der Waals surface area contributed by atoms with E-state index in [1.807, 2.05) is 18.4 Å². The van der Waals surface area contributed by atoms with Gasteiger partial charge in [-0.15, -0.1) is 0 Å². The molecule has 3 N–H and O–H groups in total. The lowest BCUT2D eigenvalue weighted by molar-refractivity contribution is -0.126. The van der Waals surface area contributed by atoms with Crippen molar-refractivity contribution >= 4 is 22.6 Å². The predicted octanol–water partition coefficient (Wildman–Crippen LogP) is 5.15. The molecule has 196 valence electrons. The van der Waals surface area contributed by atoms with E-state index in [4.69, 9.17) is 4.98 Å². The summed E-state index contributed by atoms with van der Waals surface area (Å²) >= 11 is 0. The van der Waals surface area contributed by atoms with Gasteiger partial charge in [0.15, 0.2) is 5.65 Å². The van der Waals surface area contributed by atoms with Gasteiger partial charge in [0, 0.05) is 42.0 Å². The number of fused-ring (bicyclic) bond motifs is 2. The van der Waals surface area contributed by atoms with Crippen molar-refractivity contribution in [3.05, 3.63) is 47.0 Å². The maximum atomic E-state index is 12.2. The topological polar surface area (TPSA) is 100 Å². The van der Waals surface area contributed by atoms with Crippen molar-refractivity contribution in [1.82, 2.24) is 35.2 Å². The first-order chi connectivity index (χ1) is 17.6. The summed E-state index contributed by atoms with van der Waals surface area (Å²) in [6.45, 7) is 12.6. The van der Waals surface area contributed by atoms with Gasteiger partial charge in [-0.25, -0.2) is 9.50 Å². The SMILES string of the molecule is CNC(=O)C(C)(C)NC1CCC(c2ccc3[nH]c(-c4cn5ncnc5c(C)c4C)c(C(C)C)c3n2)CC1. The monoisotopic (exact) mass is 501 g/mol. The summed E-state index contributed by atoms with van der Waals surface area (Å²) in [7, 11) is 1.69. The molecule has 4 heterocycles. The van der Waals surface area contributed by atoms with Gasteiger partial charge in [0.25, 0.3) is 0 Å². The second kappa shape index (κ2) is 9.56. The summed E-state index contributed by atoms with van der Waals surface area (Å²) in [5, 5.41) is 10.7. The van der Waals surface area contributed by atoms with Crippen molar-refractivity contribution in [2.24, 2.45) is 0 Å². The molecule has 0 saturated heterocycles. The molecule has 1 aliphatic rings. The third-order valence-corrected chi connectivity index (χ3v) is 8.18. The Labute approximate surface area is 218 Å². The van der Waals surface area contributed by atoms with Crippen LogP contribution in [0, 0.1) is 13.8 Å². The van der Waals surface area contributed by atoms with E-state index in [9.17, 15) is 4.79 Å². The second-order valence-corrected chi connectivity index (χ2v) is 11.4. The van der Waals surface area contributed by atoms with Gasteiger partial charge >= 0.3 is 0 Å². The predicted molar refractivity (Wildman–Crippen MR) is 148 cm³/mol. The maximum Gasteiger partial charge on any atom is 0.239 e. The number of carbonyl (C=O) groups is 1. The number of aromatic amines is 1. The number of nitrogens with zero attached hydrogens (tertiary/aromatic N) is 4. The van der Waals surface area contributed by atoms with E-state index < -0.39 is 5.54 Å². The first-order valence-electron chi connectivity index (χ1n) is 13.4. The summed E-state index contributed by atoms with van der Waals surface area (Å²) < 4.78 is 1.87. The number of pyridine rings is 2. The average Bonchev–Trinajstić information content (AvgIpc) is 3.50. The first-order valence-corrected chi connectivity index (χ1v) is 13.4. The van der Waals surface area contributed by atoms with Crippen LogP contribution in [0.2, 0.25) is 0 Å². The lowest BCUT2D eigenvalue weighted by Gasteiger charge is -2.35. The molecule has 1 fully saturated rings. The fourth-order valence-corrected chi connectivity index (χ4v) is 5.98. The molecule has 1 amide bonds. The number of aryl methyl sites for hydroxylation is 1. The molecule has 0 atom stereocenters. The normalized spacial score (nSPS) is 18.7. The Bertz CT molecular complexity index is 1450. The van der Waals surface area contributed by atoms with Crippen molar-refractivity contribution in [2.75, 3.05) is 7.05 Å². The highest BCUT2D eigenvalue weighted by Crippen LogP contribution is 2.39. The van der Waals surface area contributed by atoms with Crippen LogP contribution in [0.15, 0.2) is 24.7 Å². The molecule has 8 heteroatoms. The van der Waals surface area contributed by atoms with Crippen molar-refractivity contribution < 1.29 is 4.79 Å². The number of hydrogen-bond donors (Lipinski definition) is 3. The fraction of sp³-hybridized carbons (Fsp3) is 0.517. The quantitative estimate of drug-likeness (QED) is 0.339. The van der Waals surface area contributed by atoms with E-state index in [0.717, 1.165) is 59.2 Å². The van der Waals surface area contributed by atoms with Crippen LogP contribution < -0.4 is 10.6 Å². The minimum atomic E-state index is -0.567. The third kappa shape index (κ3) is 4.52. The zero-order valence-corrected chi connectivity index (χ0v) is 23.1. The van der Waals surface area contributed by atoms with Crippen molar-refractivity contribution in [2.45, 2.75) is 90.6 Å². The van der Waals surface area contributed by atoms with E-state index in [1.54, 1.807) is 13.4 Å². The van der Waals surface area contributed by atoms with Gasteiger partial charge in [-0.1, -0.05) is 13.8 Å². The lowest BCUT2D eigenvalue weighted by atomic mass is 9.82. The van der Waals surface area contributed by atoms with E-state index >= 15 is 0 Å². The molecule has 0 spiro atoms. The molecule has 1 aliphatic carbocycles.